The first kappa shape index (κ1) is 32.7. The van der Waals surface area contributed by atoms with Crippen molar-refractivity contribution in [3.63, 3.8) is 0 Å². The number of hydrogen-bond acceptors (Lipinski definition) is 4. The van der Waals surface area contributed by atoms with E-state index in [-0.39, 0.29) is 35.5 Å². The summed E-state index contributed by atoms with van der Waals surface area (Å²) >= 11 is 6.51. The highest BCUT2D eigenvalue weighted by molar-refractivity contribution is 7.92. The molecular weight excluding hydrogens is 601 g/mol. The van der Waals surface area contributed by atoms with Crippen molar-refractivity contribution >= 4 is 39.1 Å². The van der Waals surface area contributed by atoms with E-state index < -0.39 is 34.3 Å². The highest BCUT2D eigenvalue weighted by Gasteiger charge is 2.35. The van der Waals surface area contributed by atoms with Crippen LogP contribution < -0.4 is 9.62 Å². The van der Waals surface area contributed by atoms with Gasteiger partial charge in [0, 0.05) is 24.0 Å². The highest BCUT2D eigenvalue weighted by atomic mass is 35.5. The van der Waals surface area contributed by atoms with Crippen molar-refractivity contribution in [3.8, 4) is 0 Å². The van der Waals surface area contributed by atoms with Gasteiger partial charge in [-0.2, -0.15) is 0 Å². The molecule has 0 aliphatic carbocycles. The average Bonchev–Trinajstić information content (AvgIpc) is 2.99. The molecule has 0 fully saturated rings. The molecule has 7 nitrogen and oxygen atoms in total. The fourth-order valence-corrected chi connectivity index (χ4v) is 6.33. The van der Waals surface area contributed by atoms with Gasteiger partial charge < -0.3 is 10.2 Å². The van der Waals surface area contributed by atoms with Crippen LogP contribution in [0.1, 0.15) is 30.5 Å². The molecule has 4 aromatic carbocycles. The summed E-state index contributed by atoms with van der Waals surface area (Å²) < 4.78 is 42.6. The van der Waals surface area contributed by atoms with Gasteiger partial charge in [0.2, 0.25) is 11.8 Å². The van der Waals surface area contributed by atoms with E-state index in [4.69, 9.17) is 11.6 Å². The number of anilines is 1. The number of carbonyl (C=O) groups is 2. The predicted molar refractivity (Wildman–Crippen MR) is 171 cm³/mol. The summed E-state index contributed by atoms with van der Waals surface area (Å²) in [6.45, 7) is 4.85. The molecule has 1 atom stereocenters. The second-order valence-electron chi connectivity index (χ2n) is 10.8. The summed E-state index contributed by atoms with van der Waals surface area (Å²) in [7, 11) is -4.32. The lowest BCUT2D eigenvalue weighted by Gasteiger charge is -2.34. The second-order valence-corrected chi connectivity index (χ2v) is 13.1. The Kier molecular flexibility index (Phi) is 10.8. The van der Waals surface area contributed by atoms with Crippen LogP contribution in [0.2, 0.25) is 5.02 Å². The Balaban J connectivity index is 1.81. The van der Waals surface area contributed by atoms with Gasteiger partial charge in [0.25, 0.3) is 10.0 Å². The van der Waals surface area contributed by atoms with E-state index in [0.29, 0.717) is 10.6 Å². The molecule has 44 heavy (non-hydrogen) atoms. The Labute approximate surface area is 263 Å². The normalized spacial score (nSPS) is 12.0. The van der Waals surface area contributed by atoms with Gasteiger partial charge in [0.05, 0.1) is 10.6 Å². The Morgan fingerprint density at radius 1 is 0.864 bits per heavy atom. The lowest BCUT2D eigenvalue weighted by Crippen LogP contribution is -2.54. The number of carbonyl (C=O) groups excluding carboxylic acids is 2. The van der Waals surface area contributed by atoms with Gasteiger partial charge in [-0.1, -0.05) is 77.8 Å². The summed E-state index contributed by atoms with van der Waals surface area (Å²) in [5.74, 6) is -1.59. The van der Waals surface area contributed by atoms with Crippen LogP contribution in [0.25, 0.3) is 0 Å². The van der Waals surface area contributed by atoms with Gasteiger partial charge in [-0.3, -0.25) is 13.9 Å². The SMILES string of the molecule is Cc1ccc(N(CC(=O)N(Cc2ccccc2Cl)[C@H](Cc2ccccc2)C(=O)NC(C)C)S(=O)(=O)c2ccc(F)cc2)cc1. The number of hydrogen-bond donors (Lipinski definition) is 1. The van der Waals surface area contributed by atoms with Crippen LogP contribution in [0.15, 0.2) is 108 Å². The first-order chi connectivity index (χ1) is 21.0. The van der Waals surface area contributed by atoms with Gasteiger partial charge in [-0.15, -0.1) is 0 Å². The summed E-state index contributed by atoms with van der Waals surface area (Å²) in [5, 5.41) is 3.32. The molecule has 0 saturated carbocycles. The third-order valence-corrected chi connectivity index (χ3v) is 9.16. The fourth-order valence-electron chi connectivity index (χ4n) is 4.72. The van der Waals surface area contributed by atoms with Crippen molar-refractivity contribution < 1.29 is 22.4 Å². The van der Waals surface area contributed by atoms with Crippen LogP contribution >= 0.6 is 11.6 Å². The average molecular weight is 636 g/mol. The van der Waals surface area contributed by atoms with E-state index in [0.717, 1.165) is 39.7 Å². The van der Waals surface area contributed by atoms with Crippen LogP contribution in [-0.4, -0.2) is 43.8 Å². The van der Waals surface area contributed by atoms with Crippen LogP contribution in [-0.2, 0) is 32.6 Å². The van der Waals surface area contributed by atoms with E-state index in [9.17, 15) is 22.4 Å². The van der Waals surface area contributed by atoms with E-state index in [1.54, 1.807) is 48.5 Å². The van der Waals surface area contributed by atoms with Gasteiger partial charge in [-0.05, 0) is 74.4 Å². The molecule has 0 aromatic heterocycles. The minimum absolute atomic E-state index is 0.0418. The zero-order valence-corrected chi connectivity index (χ0v) is 26.4. The molecule has 0 bridgehead atoms. The Morgan fingerprint density at radius 3 is 2.09 bits per heavy atom. The van der Waals surface area contributed by atoms with Crippen LogP contribution in [0, 0.1) is 12.7 Å². The van der Waals surface area contributed by atoms with Crippen molar-refractivity contribution in [2.75, 3.05) is 10.8 Å². The van der Waals surface area contributed by atoms with Crippen LogP contribution in [0.4, 0.5) is 10.1 Å². The maximum absolute atomic E-state index is 14.4. The molecule has 0 spiro atoms. The summed E-state index contributed by atoms with van der Waals surface area (Å²) in [6.07, 6.45) is 0.185. The molecule has 0 aliphatic heterocycles. The van der Waals surface area contributed by atoms with Crippen molar-refractivity contribution in [3.05, 3.63) is 131 Å². The zero-order valence-electron chi connectivity index (χ0n) is 24.8. The first-order valence-electron chi connectivity index (χ1n) is 14.2. The maximum atomic E-state index is 14.4. The third-order valence-electron chi connectivity index (χ3n) is 7.00. The number of nitrogens with one attached hydrogen (secondary N) is 1. The molecule has 0 unspecified atom stereocenters. The van der Waals surface area contributed by atoms with Gasteiger partial charge in [-0.25, -0.2) is 12.8 Å². The second kappa shape index (κ2) is 14.5. The number of amides is 2. The third kappa shape index (κ3) is 8.24. The van der Waals surface area contributed by atoms with Gasteiger partial charge in [0.15, 0.2) is 0 Å². The monoisotopic (exact) mass is 635 g/mol. The predicted octanol–water partition coefficient (Wildman–Crippen LogP) is 6.15. The van der Waals surface area contributed by atoms with Crippen LogP contribution in [0.3, 0.4) is 0 Å². The molecule has 0 saturated heterocycles. The molecule has 0 heterocycles. The van der Waals surface area contributed by atoms with Crippen molar-refractivity contribution in [1.82, 2.24) is 10.2 Å². The Hall–Kier alpha value is -4.21. The Morgan fingerprint density at radius 2 is 1.48 bits per heavy atom. The molecule has 10 heteroatoms. The number of rotatable bonds is 12. The van der Waals surface area contributed by atoms with E-state index in [1.807, 2.05) is 51.1 Å². The largest absolute Gasteiger partial charge is 0.352 e. The van der Waals surface area contributed by atoms with Crippen molar-refractivity contribution in [2.45, 2.75) is 50.7 Å². The number of aryl methyl sites for hydroxylation is 1. The number of benzene rings is 4. The molecule has 0 radical (unpaired) electrons. The summed E-state index contributed by atoms with van der Waals surface area (Å²) in [4.78, 5) is 29.3. The topological polar surface area (TPSA) is 86.8 Å². The van der Waals surface area contributed by atoms with E-state index in [2.05, 4.69) is 5.32 Å². The molecular formula is C34H35ClFN3O4S. The van der Waals surface area contributed by atoms with E-state index >= 15 is 0 Å². The minimum Gasteiger partial charge on any atom is -0.352 e. The molecule has 1 N–H and O–H groups in total. The highest BCUT2D eigenvalue weighted by Crippen LogP contribution is 2.26. The number of halogens is 2. The van der Waals surface area contributed by atoms with E-state index in [1.165, 1.54) is 4.90 Å². The van der Waals surface area contributed by atoms with Crippen LogP contribution in [0.5, 0.6) is 0 Å². The minimum atomic E-state index is -4.32. The maximum Gasteiger partial charge on any atom is 0.264 e. The lowest BCUT2D eigenvalue weighted by molar-refractivity contribution is -0.140. The quantitative estimate of drug-likeness (QED) is 0.202. The summed E-state index contributed by atoms with van der Waals surface area (Å²) in [5.41, 5.74) is 2.56. The summed E-state index contributed by atoms with van der Waals surface area (Å²) in [6, 6.07) is 26.2. The molecule has 0 aliphatic rings. The molecule has 4 rings (SSSR count). The van der Waals surface area contributed by atoms with Crippen molar-refractivity contribution in [2.24, 2.45) is 0 Å². The Bertz CT molecular complexity index is 1680. The lowest BCUT2D eigenvalue weighted by atomic mass is 10.0. The number of nitrogens with zero attached hydrogens (tertiary/aromatic N) is 2. The standard InChI is InChI=1S/C34H35ClFN3O4S/c1-24(2)37-34(41)32(21-26-9-5-4-6-10-26)38(22-27-11-7-8-12-31(27)35)33(40)23-39(29-17-13-25(3)14-18-29)44(42,43)30-19-15-28(36)16-20-30/h4-20,24,32H,21-23H2,1-3H3,(H,37,41)/t32-/m1/s1. The zero-order chi connectivity index (χ0) is 31.9. The van der Waals surface area contributed by atoms with Gasteiger partial charge in [0.1, 0.15) is 18.4 Å². The first-order valence-corrected chi connectivity index (χ1v) is 16.0. The fraction of sp³-hybridized carbons (Fsp3) is 0.235. The molecule has 4 aromatic rings. The molecule has 230 valence electrons. The van der Waals surface area contributed by atoms with Gasteiger partial charge >= 0.3 is 0 Å². The van der Waals surface area contributed by atoms with Crippen molar-refractivity contribution in [1.29, 1.82) is 0 Å². The number of sulfonamides is 1. The molecule has 2 amide bonds. The smallest absolute Gasteiger partial charge is 0.264 e.